The van der Waals surface area contributed by atoms with Crippen molar-refractivity contribution in [3.05, 3.63) is 29.8 Å². The van der Waals surface area contributed by atoms with Gasteiger partial charge in [0.2, 0.25) is 0 Å². The minimum absolute atomic E-state index is 0.170. The Labute approximate surface area is 116 Å². The molecule has 6 nitrogen and oxygen atoms in total. The van der Waals surface area contributed by atoms with Gasteiger partial charge in [-0.15, -0.1) is 0 Å². The van der Waals surface area contributed by atoms with Gasteiger partial charge in [-0.3, -0.25) is 4.90 Å². The van der Waals surface area contributed by atoms with E-state index in [-0.39, 0.29) is 5.92 Å². The van der Waals surface area contributed by atoms with Crippen LogP contribution in [0.1, 0.15) is 25.3 Å². The van der Waals surface area contributed by atoms with Crippen LogP contribution in [0.5, 0.6) is 0 Å². The molecule has 1 aromatic rings. The van der Waals surface area contributed by atoms with E-state index in [0.29, 0.717) is 0 Å². The molecule has 1 fully saturated rings. The van der Waals surface area contributed by atoms with Crippen molar-refractivity contribution in [3.8, 4) is 0 Å². The number of carbonyl (C=O) groups is 2. The van der Waals surface area contributed by atoms with Gasteiger partial charge in [0.05, 0.1) is 0 Å². The molecule has 2 aliphatic rings. The topological polar surface area (TPSA) is 89.9 Å². The number of likely N-dealkylation sites (tertiary alicyclic amines) is 1. The van der Waals surface area contributed by atoms with Crippen molar-refractivity contribution < 1.29 is 19.8 Å². The van der Waals surface area contributed by atoms with E-state index in [1.807, 2.05) is 38.1 Å². The lowest BCUT2D eigenvalue weighted by Gasteiger charge is -2.30. The Morgan fingerprint density at radius 2 is 1.90 bits per heavy atom. The molecule has 0 saturated carbocycles. The molecule has 3 rings (SSSR count). The molecule has 3 unspecified atom stereocenters. The van der Waals surface area contributed by atoms with Crippen LogP contribution in [0.15, 0.2) is 24.3 Å². The van der Waals surface area contributed by atoms with Gasteiger partial charge in [-0.25, -0.2) is 9.59 Å². The summed E-state index contributed by atoms with van der Waals surface area (Å²) in [6.07, 6.45) is -1.74. The fourth-order valence-electron chi connectivity index (χ4n) is 3.71. The molecule has 20 heavy (non-hydrogen) atoms. The first-order valence-corrected chi connectivity index (χ1v) is 6.45. The minimum Gasteiger partial charge on any atom is -0.480 e. The van der Waals surface area contributed by atoms with Crippen LogP contribution in [-0.4, -0.2) is 39.4 Å². The minimum atomic E-state index is -1.21. The second-order valence-electron chi connectivity index (χ2n) is 5.91. The van der Waals surface area contributed by atoms with Crippen LogP contribution in [-0.2, 0) is 4.79 Å². The summed E-state index contributed by atoms with van der Waals surface area (Å²) in [4.78, 5) is 24.1. The number of benzene rings is 1. The van der Waals surface area contributed by atoms with Gasteiger partial charge in [-0.1, -0.05) is 32.0 Å². The standard InChI is InChI=1S/C14H16N2O4/c1-14(2)9-7-5-3-4-6-8(7)15-11(9)16(13(19)20)10(14)12(17)18/h3-6,9-11,15H,1-2H3,(H,17,18)(H,19,20). The molecule has 1 aromatic carbocycles. The van der Waals surface area contributed by atoms with Gasteiger partial charge in [-0.05, 0) is 11.6 Å². The van der Waals surface area contributed by atoms with Crippen LogP contribution in [0, 0.1) is 5.41 Å². The van der Waals surface area contributed by atoms with E-state index in [4.69, 9.17) is 0 Å². The van der Waals surface area contributed by atoms with Crippen LogP contribution in [0.25, 0.3) is 0 Å². The average Bonchev–Trinajstić information content (AvgIpc) is 2.82. The van der Waals surface area contributed by atoms with Gasteiger partial charge in [0.1, 0.15) is 12.2 Å². The third kappa shape index (κ3) is 1.44. The first-order valence-electron chi connectivity index (χ1n) is 6.45. The van der Waals surface area contributed by atoms with Gasteiger partial charge in [-0.2, -0.15) is 0 Å². The summed E-state index contributed by atoms with van der Waals surface area (Å²) in [5, 5.41) is 22.0. The summed E-state index contributed by atoms with van der Waals surface area (Å²) in [5.74, 6) is -1.28. The second-order valence-corrected chi connectivity index (χ2v) is 5.91. The molecule has 0 bridgehead atoms. The Balaban J connectivity index is 2.15. The third-order valence-corrected chi connectivity index (χ3v) is 4.45. The molecule has 6 heteroatoms. The third-order valence-electron chi connectivity index (χ3n) is 4.45. The highest BCUT2D eigenvalue weighted by Gasteiger charge is 2.62. The number of rotatable bonds is 1. The molecule has 106 valence electrons. The highest BCUT2D eigenvalue weighted by Crippen LogP contribution is 2.55. The molecule has 0 radical (unpaired) electrons. The number of nitrogens with zero attached hydrogens (tertiary/aromatic N) is 1. The predicted octanol–water partition coefficient (Wildman–Crippen LogP) is 1.99. The quantitative estimate of drug-likeness (QED) is 0.730. The number of para-hydroxylation sites is 1. The summed E-state index contributed by atoms with van der Waals surface area (Å²) in [7, 11) is 0. The summed E-state index contributed by atoms with van der Waals surface area (Å²) >= 11 is 0. The molecule has 1 amide bonds. The normalized spacial score (nSPS) is 29.5. The van der Waals surface area contributed by atoms with Crippen LogP contribution in [0.4, 0.5) is 10.5 Å². The van der Waals surface area contributed by atoms with E-state index >= 15 is 0 Å². The summed E-state index contributed by atoms with van der Waals surface area (Å²) < 4.78 is 0. The zero-order valence-electron chi connectivity index (χ0n) is 11.2. The van der Waals surface area contributed by atoms with Crippen molar-refractivity contribution >= 4 is 17.7 Å². The molecule has 2 aliphatic heterocycles. The molecule has 0 aromatic heterocycles. The van der Waals surface area contributed by atoms with Crippen molar-refractivity contribution in [2.24, 2.45) is 5.41 Å². The van der Waals surface area contributed by atoms with E-state index in [9.17, 15) is 19.8 Å². The lowest BCUT2D eigenvalue weighted by atomic mass is 9.73. The van der Waals surface area contributed by atoms with Gasteiger partial charge in [0.15, 0.2) is 0 Å². The SMILES string of the molecule is CC1(C)C2c3ccccc3NC2N(C(=O)O)C1C(=O)O. The van der Waals surface area contributed by atoms with Crippen LogP contribution >= 0.6 is 0 Å². The monoisotopic (exact) mass is 276 g/mol. The Morgan fingerprint density at radius 1 is 1.25 bits per heavy atom. The predicted molar refractivity (Wildman–Crippen MR) is 71.7 cm³/mol. The van der Waals surface area contributed by atoms with Crippen molar-refractivity contribution in [1.82, 2.24) is 4.90 Å². The van der Waals surface area contributed by atoms with Crippen molar-refractivity contribution in [1.29, 1.82) is 0 Å². The van der Waals surface area contributed by atoms with Crippen molar-refractivity contribution in [2.75, 3.05) is 5.32 Å². The molecular formula is C14H16N2O4. The zero-order valence-corrected chi connectivity index (χ0v) is 11.2. The number of anilines is 1. The van der Waals surface area contributed by atoms with Crippen LogP contribution in [0.2, 0.25) is 0 Å². The van der Waals surface area contributed by atoms with Gasteiger partial charge >= 0.3 is 12.1 Å². The highest BCUT2D eigenvalue weighted by molar-refractivity contribution is 5.83. The second kappa shape index (κ2) is 3.88. The molecule has 3 N–H and O–H groups in total. The van der Waals surface area contributed by atoms with E-state index in [0.717, 1.165) is 16.2 Å². The Bertz CT molecular complexity index is 599. The highest BCUT2D eigenvalue weighted by atomic mass is 16.4. The first kappa shape index (κ1) is 12.8. The number of fused-ring (bicyclic) bond motifs is 3. The number of amides is 1. The Morgan fingerprint density at radius 3 is 2.50 bits per heavy atom. The first-order chi connectivity index (χ1) is 9.35. The molecule has 2 heterocycles. The van der Waals surface area contributed by atoms with Crippen molar-refractivity contribution in [3.63, 3.8) is 0 Å². The van der Waals surface area contributed by atoms with E-state index < -0.39 is 29.7 Å². The Hall–Kier alpha value is -2.24. The molecule has 3 atom stereocenters. The van der Waals surface area contributed by atoms with E-state index in [1.165, 1.54) is 0 Å². The summed E-state index contributed by atoms with van der Waals surface area (Å²) in [5.41, 5.74) is 1.18. The fourth-order valence-corrected chi connectivity index (χ4v) is 3.71. The summed E-state index contributed by atoms with van der Waals surface area (Å²) in [6, 6.07) is 6.52. The smallest absolute Gasteiger partial charge is 0.409 e. The van der Waals surface area contributed by atoms with Gasteiger partial charge in [0, 0.05) is 17.0 Å². The number of hydrogen-bond donors (Lipinski definition) is 3. The largest absolute Gasteiger partial charge is 0.480 e. The summed E-state index contributed by atoms with van der Waals surface area (Å²) in [6.45, 7) is 3.63. The molecular weight excluding hydrogens is 260 g/mol. The molecule has 0 spiro atoms. The fraction of sp³-hybridized carbons (Fsp3) is 0.429. The number of aliphatic carboxylic acids is 1. The number of carboxylic acids is 1. The lowest BCUT2D eigenvalue weighted by Crippen LogP contribution is -2.49. The maximum Gasteiger partial charge on any atom is 0.409 e. The van der Waals surface area contributed by atoms with Gasteiger partial charge < -0.3 is 15.5 Å². The number of nitrogens with one attached hydrogen (secondary N) is 1. The number of hydrogen-bond acceptors (Lipinski definition) is 3. The zero-order chi connectivity index (χ0) is 14.7. The average molecular weight is 276 g/mol. The lowest BCUT2D eigenvalue weighted by molar-refractivity contribution is -0.144. The van der Waals surface area contributed by atoms with Crippen LogP contribution in [0.3, 0.4) is 0 Å². The number of carboxylic acid groups (broad SMARTS) is 2. The van der Waals surface area contributed by atoms with Crippen molar-refractivity contribution in [2.45, 2.75) is 32.0 Å². The maximum atomic E-state index is 11.5. The Kier molecular flexibility index (Phi) is 2.48. The molecule has 1 saturated heterocycles. The maximum absolute atomic E-state index is 11.5. The van der Waals surface area contributed by atoms with E-state index in [2.05, 4.69) is 5.32 Å². The van der Waals surface area contributed by atoms with Crippen LogP contribution < -0.4 is 5.32 Å². The van der Waals surface area contributed by atoms with Gasteiger partial charge in [0.25, 0.3) is 0 Å². The molecule has 0 aliphatic carbocycles. The van der Waals surface area contributed by atoms with E-state index in [1.54, 1.807) is 0 Å².